The molecule has 1 aromatic rings. The van der Waals surface area contributed by atoms with Gasteiger partial charge in [-0.3, -0.25) is 9.69 Å². The highest BCUT2D eigenvalue weighted by Crippen LogP contribution is 2.20. The molecule has 0 unspecified atom stereocenters. The molecule has 3 rings (SSSR count). The van der Waals surface area contributed by atoms with E-state index in [9.17, 15) is 4.79 Å². The van der Waals surface area contributed by atoms with Gasteiger partial charge in [0, 0.05) is 18.7 Å². The van der Waals surface area contributed by atoms with Crippen LogP contribution >= 0.6 is 0 Å². The van der Waals surface area contributed by atoms with E-state index < -0.39 is 0 Å². The zero-order chi connectivity index (χ0) is 16.8. The molecule has 1 aromatic carbocycles. The fourth-order valence-electron chi connectivity index (χ4n) is 3.76. The molecular weight excluding hydrogens is 296 g/mol. The Kier molecular flexibility index (Phi) is 6.08. The molecule has 2 aliphatic rings. The number of piperidine rings is 1. The molecule has 0 saturated carbocycles. The van der Waals surface area contributed by atoms with Crippen molar-refractivity contribution in [2.24, 2.45) is 0 Å². The van der Waals surface area contributed by atoms with Crippen molar-refractivity contribution in [1.29, 1.82) is 0 Å². The van der Waals surface area contributed by atoms with Gasteiger partial charge in [-0.1, -0.05) is 50.5 Å². The SMILES string of the molecule is CCCC[C@@H]1C=CCN1C(=O)c1ccc(CN2CCCCC2)cc1. The van der Waals surface area contributed by atoms with Gasteiger partial charge in [0.15, 0.2) is 0 Å². The van der Waals surface area contributed by atoms with E-state index in [0.29, 0.717) is 0 Å². The van der Waals surface area contributed by atoms with Crippen molar-refractivity contribution < 1.29 is 4.79 Å². The van der Waals surface area contributed by atoms with E-state index in [1.54, 1.807) is 0 Å². The summed E-state index contributed by atoms with van der Waals surface area (Å²) >= 11 is 0. The summed E-state index contributed by atoms with van der Waals surface area (Å²) < 4.78 is 0. The van der Waals surface area contributed by atoms with E-state index >= 15 is 0 Å². The van der Waals surface area contributed by atoms with Crippen LogP contribution in [-0.4, -0.2) is 41.4 Å². The molecule has 0 N–H and O–H groups in total. The second-order valence-corrected chi connectivity index (χ2v) is 7.13. The number of amides is 1. The average Bonchev–Trinajstić information content (AvgIpc) is 3.09. The van der Waals surface area contributed by atoms with Gasteiger partial charge in [-0.05, 0) is 50.0 Å². The van der Waals surface area contributed by atoms with Gasteiger partial charge in [-0.15, -0.1) is 0 Å². The maximum Gasteiger partial charge on any atom is 0.254 e. The summed E-state index contributed by atoms with van der Waals surface area (Å²) in [5.41, 5.74) is 2.14. The Labute approximate surface area is 146 Å². The van der Waals surface area contributed by atoms with Crippen LogP contribution in [0.2, 0.25) is 0 Å². The number of unbranched alkanes of at least 4 members (excludes halogenated alkanes) is 1. The zero-order valence-corrected chi connectivity index (χ0v) is 14.9. The van der Waals surface area contributed by atoms with Gasteiger partial charge in [0.2, 0.25) is 0 Å². The lowest BCUT2D eigenvalue weighted by atomic mass is 10.1. The molecule has 0 aliphatic carbocycles. The molecule has 0 aromatic heterocycles. The molecule has 3 heteroatoms. The Hall–Kier alpha value is -1.61. The first-order valence-corrected chi connectivity index (χ1v) is 9.57. The molecule has 3 nitrogen and oxygen atoms in total. The van der Waals surface area contributed by atoms with Crippen LogP contribution in [0.15, 0.2) is 36.4 Å². The Bertz CT molecular complexity index is 558. The summed E-state index contributed by atoms with van der Waals surface area (Å²) in [6.45, 7) is 6.38. The molecule has 1 fully saturated rings. The quantitative estimate of drug-likeness (QED) is 0.730. The Morgan fingerprint density at radius 2 is 1.88 bits per heavy atom. The Morgan fingerprint density at radius 3 is 2.58 bits per heavy atom. The molecule has 0 spiro atoms. The van der Waals surface area contributed by atoms with Crippen LogP contribution in [0.1, 0.15) is 61.4 Å². The highest BCUT2D eigenvalue weighted by Gasteiger charge is 2.25. The van der Waals surface area contributed by atoms with E-state index in [1.807, 2.05) is 17.0 Å². The van der Waals surface area contributed by atoms with Crippen molar-refractivity contribution >= 4 is 5.91 Å². The van der Waals surface area contributed by atoms with Crippen LogP contribution in [0.3, 0.4) is 0 Å². The van der Waals surface area contributed by atoms with Gasteiger partial charge in [-0.25, -0.2) is 0 Å². The molecule has 1 amide bonds. The van der Waals surface area contributed by atoms with Gasteiger partial charge in [0.05, 0.1) is 6.04 Å². The number of hydrogen-bond donors (Lipinski definition) is 0. The minimum atomic E-state index is 0.172. The lowest BCUT2D eigenvalue weighted by Gasteiger charge is -2.27. The number of rotatable bonds is 6. The van der Waals surface area contributed by atoms with Crippen molar-refractivity contribution in [3.05, 3.63) is 47.5 Å². The first-order chi connectivity index (χ1) is 11.8. The van der Waals surface area contributed by atoms with Crippen molar-refractivity contribution in [2.75, 3.05) is 19.6 Å². The molecule has 2 aliphatic heterocycles. The highest BCUT2D eigenvalue weighted by molar-refractivity contribution is 5.95. The fraction of sp³-hybridized carbons (Fsp3) is 0.571. The van der Waals surface area contributed by atoms with Crippen LogP contribution in [0, 0.1) is 0 Å². The van der Waals surface area contributed by atoms with Crippen LogP contribution in [-0.2, 0) is 6.54 Å². The maximum atomic E-state index is 12.8. The summed E-state index contributed by atoms with van der Waals surface area (Å²) in [7, 11) is 0. The van der Waals surface area contributed by atoms with Crippen molar-refractivity contribution in [3.63, 3.8) is 0 Å². The molecule has 1 atom stereocenters. The Balaban J connectivity index is 1.59. The minimum absolute atomic E-state index is 0.172. The van der Waals surface area contributed by atoms with E-state index in [2.05, 4.69) is 36.1 Å². The number of hydrogen-bond acceptors (Lipinski definition) is 2. The first-order valence-electron chi connectivity index (χ1n) is 9.57. The standard InChI is InChI=1S/C21H30N2O/c1-2-3-8-20-9-7-16-23(20)21(24)19-12-10-18(11-13-19)17-22-14-5-4-6-15-22/h7,9-13,20H,2-6,8,14-17H2,1H3/t20-/m1/s1. The molecule has 130 valence electrons. The molecule has 0 radical (unpaired) electrons. The normalized spacial score (nSPS) is 21.4. The van der Waals surface area contributed by atoms with Crippen molar-refractivity contribution in [2.45, 2.75) is 58.0 Å². The van der Waals surface area contributed by atoms with Gasteiger partial charge in [0.25, 0.3) is 5.91 Å². The number of benzene rings is 1. The number of likely N-dealkylation sites (tertiary alicyclic amines) is 1. The predicted molar refractivity (Wildman–Crippen MR) is 99.1 cm³/mol. The summed E-state index contributed by atoms with van der Waals surface area (Å²) in [4.78, 5) is 17.3. The fourth-order valence-corrected chi connectivity index (χ4v) is 3.76. The predicted octanol–water partition coefficient (Wildman–Crippen LogP) is 4.24. The second kappa shape index (κ2) is 8.48. The topological polar surface area (TPSA) is 23.6 Å². The molecule has 1 saturated heterocycles. The van der Waals surface area contributed by atoms with Crippen LogP contribution in [0.5, 0.6) is 0 Å². The van der Waals surface area contributed by atoms with Gasteiger partial charge in [-0.2, -0.15) is 0 Å². The summed E-state index contributed by atoms with van der Waals surface area (Å²) in [5, 5.41) is 0. The van der Waals surface area contributed by atoms with Crippen molar-refractivity contribution in [1.82, 2.24) is 9.80 Å². The van der Waals surface area contributed by atoms with E-state index in [1.165, 1.54) is 50.8 Å². The third kappa shape index (κ3) is 4.27. The lowest BCUT2D eigenvalue weighted by molar-refractivity contribution is 0.0743. The number of nitrogens with zero attached hydrogens (tertiary/aromatic N) is 2. The summed E-state index contributed by atoms with van der Waals surface area (Å²) in [6, 6.07) is 8.57. The van der Waals surface area contributed by atoms with Crippen molar-refractivity contribution in [3.8, 4) is 0 Å². The largest absolute Gasteiger partial charge is 0.328 e. The monoisotopic (exact) mass is 326 g/mol. The summed E-state index contributed by atoms with van der Waals surface area (Å²) in [6.07, 6.45) is 11.8. The van der Waals surface area contributed by atoms with E-state index in [-0.39, 0.29) is 11.9 Å². The number of carbonyl (C=O) groups is 1. The van der Waals surface area contributed by atoms with E-state index in [4.69, 9.17) is 0 Å². The third-order valence-corrected chi connectivity index (χ3v) is 5.23. The molecular formula is C21H30N2O. The first kappa shape index (κ1) is 17.2. The lowest BCUT2D eigenvalue weighted by Crippen LogP contribution is -2.36. The third-order valence-electron chi connectivity index (χ3n) is 5.23. The second-order valence-electron chi connectivity index (χ2n) is 7.13. The number of carbonyl (C=O) groups excluding carboxylic acids is 1. The zero-order valence-electron chi connectivity index (χ0n) is 14.9. The molecule has 2 heterocycles. The summed E-state index contributed by atoms with van der Waals surface area (Å²) in [5.74, 6) is 0.172. The smallest absolute Gasteiger partial charge is 0.254 e. The highest BCUT2D eigenvalue weighted by atomic mass is 16.2. The van der Waals surface area contributed by atoms with Crippen LogP contribution in [0.25, 0.3) is 0 Å². The average molecular weight is 326 g/mol. The van der Waals surface area contributed by atoms with E-state index in [0.717, 1.165) is 25.1 Å². The minimum Gasteiger partial charge on any atom is -0.328 e. The Morgan fingerprint density at radius 1 is 1.12 bits per heavy atom. The van der Waals surface area contributed by atoms with Crippen LogP contribution in [0.4, 0.5) is 0 Å². The van der Waals surface area contributed by atoms with Crippen LogP contribution < -0.4 is 0 Å². The van der Waals surface area contributed by atoms with Gasteiger partial charge >= 0.3 is 0 Å². The van der Waals surface area contributed by atoms with Gasteiger partial charge in [0.1, 0.15) is 0 Å². The molecule has 0 bridgehead atoms. The maximum absolute atomic E-state index is 12.8. The molecule has 24 heavy (non-hydrogen) atoms. The van der Waals surface area contributed by atoms with Gasteiger partial charge < -0.3 is 4.90 Å².